The van der Waals surface area contributed by atoms with Crippen molar-refractivity contribution in [2.24, 2.45) is 0 Å². The smallest absolute Gasteiger partial charge is 0.249 e. The second kappa shape index (κ2) is 7.38. The standard InChI is InChI=1S/C7H14N2O4/c10-3-1-8-6(12)5-7(13)9-2-4-11/h5,8,10-12H,1-4H2,(H,9,13)/b6-5-. The van der Waals surface area contributed by atoms with Crippen molar-refractivity contribution in [3.05, 3.63) is 12.0 Å². The molecular weight excluding hydrogens is 176 g/mol. The van der Waals surface area contributed by atoms with Crippen molar-refractivity contribution in [3.63, 3.8) is 0 Å². The number of aliphatic hydroxyl groups is 3. The third-order valence-corrected chi connectivity index (χ3v) is 1.10. The van der Waals surface area contributed by atoms with E-state index in [4.69, 9.17) is 15.3 Å². The molecule has 0 saturated heterocycles. The number of nitrogens with one attached hydrogen (secondary N) is 2. The highest BCUT2D eigenvalue weighted by molar-refractivity contribution is 5.87. The van der Waals surface area contributed by atoms with Gasteiger partial charge in [-0.25, -0.2) is 0 Å². The maximum absolute atomic E-state index is 10.8. The summed E-state index contributed by atoms with van der Waals surface area (Å²) < 4.78 is 0. The Bertz CT molecular complexity index is 181. The van der Waals surface area contributed by atoms with Crippen LogP contribution < -0.4 is 10.6 Å². The van der Waals surface area contributed by atoms with E-state index in [0.717, 1.165) is 6.08 Å². The van der Waals surface area contributed by atoms with Crippen LogP contribution in [0.2, 0.25) is 0 Å². The molecule has 1 amide bonds. The average molecular weight is 190 g/mol. The normalized spacial score (nSPS) is 11.1. The number of rotatable bonds is 6. The molecule has 0 heterocycles. The predicted molar refractivity (Wildman–Crippen MR) is 45.9 cm³/mol. The molecule has 5 N–H and O–H groups in total. The van der Waals surface area contributed by atoms with Gasteiger partial charge in [0.25, 0.3) is 0 Å². The second-order valence-electron chi connectivity index (χ2n) is 2.19. The first-order valence-corrected chi connectivity index (χ1v) is 3.84. The van der Waals surface area contributed by atoms with Crippen molar-refractivity contribution < 1.29 is 20.1 Å². The van der Waals surface area contributed by atoms with E-state index in [-0.39, 0.29) is 32.2 Å². The molecule has 0 unspecified atom stereocenters. The molecule has 0 fully saturated rings. The fourth-order valence-corrected chi connectivity index (χ4v) is 0.589. The van der Waals surface area contributed by atoms with Gasteiger partial charge in [0.05, 0.1) is 19.3 Å². The molecule has 0 aliphatic rings. The van der Waals surface area contributed by atoms with Crippen molar-refractivity contribution in [1.82, 2.24) is 10.6 Å². The molecule has 0 aromatic carbocycles. The number of carbonyl (C=O) groups excluding carboxylic acids is 1. The molecule has 0 saturated carbocycles. The third kappa shape index (κ3) is 7.10. The summed E-state index contributed by atoms with van der Waals surface area (Å²) in [5, 5.41) is 30.4. The second-order valence-corrected chi connectivity index (χ2v) is 2.19. The summed E-state index contributed by atoms with van der Waals surface area (Å²) in [5.41, 5.74) is 0. The van der Waals surface area contributed by atoms with E-state index in [1.54, 1.807) is 0 Å². The first kappa shape index (κ1) is 11.7. The molecule has 0 aromatic rings. The molecule has 6 heteroatoms. The van der Waals surface area contributed by atoms with Gasteiger partial charge in [-0.2, -0.15) is 0 Å². The maximum atomic E-state index is 10.8. The molecule has 0 aromatic heterocycles. The van der Waals surface area contributed by atoms with Crippen molar-refractivity contribution >= 4 is 5.91 Å². The minimum absolute atomic E-state index is 0.129. The lowest BCUT2D eigenvalue weighted by Crippen LogP contribution is -2.26. The number of carbonyl (C=O) groups is 1. The Morgan fingerprint density at radius 1 is 1.15 bits per heavy atom. The van der Waals surface area contributed by atoms with Crippen molar-refractivity contribution in [2.45, 2.75) is 0 Å². The highest BCUT2D eigenvalue weighted by Gasteiger charge is 1.97. The zero-order valence-electron chi connectivity index (χ0n) is 7.16. The lowest BCUT2D eigenvalue weighted by Gasteiger charge is -2.02. The Hall–Kier alpha value is -1.27. The molecule has 0 rings (SSSR count). The zero-order chi connectivity index (χ0) is 10.1. The van der Waals surface area contributed by atoms with Gasteiger partial charge in [-0.3, -0.25) is 4.79 Å². The quantitative estimate of drug-likeness (QED) is 0.248. The van der Waals surface area contributed by atoms with Crippen molar-refractivity contribution in [2.75, 3.05) is 26.3 Å². The van der Waals surface area contributed by atoms with Crippen LogP contribution in [0.1, 0.15) is 0 Å². The molecule has 0 bridgehead atoms. The molecule has 13 heavy (non-hydrogen) atoms. The topological polar surface area (TPSA) is 102 Å². The van der Waals surface area contributed by atoms with Crippen LogP contribution in [0, 0.1) is 0 Å². The number of hydrogen-bond acceptors (Lipinski definition) is 5. The van der Waals surface area contributed by atoms with Crippen LogP contribution in [0.4, 0.5) is 0 Å². The van der Waals surface area contributed by atoms with Gasteiger partial charge >= 0.3 is 0 Å². The summed E-state index contributed by atoms with van der Waals surface area (Å²) in [5.74, 6) is -0.818. The van der Waals surface area contributed by atoms with Crippen LogP contribution in [0.5, 0.6) is 0 Å². The van der Waals surface area contributed by atoms with Crippen LogP contribution in [-0.4, -0.2) is 47.5 Å². The summed E-state index contributed by atoms with van der Waals surface area (Å²) in [6.07, 6.45) is 0.936. The first-order valence-electron chi connectivity index (χ1n) is 3.84. The van der Waals surface area contributed by atoms with Gasteiger partial charge in [0.15, 0.2) is 5.88 Å². The largest absolute Gasteiger partial charge is 0.495 e. The number of amides is 1. The SMILES string of the molecule is O=C(/C=C(\O)NCCO)NCCO. The Balaban J connectivity index is 3.70. The zero-order valence-corrected chi connectivity index (χ0v) is 7.16. The highest BCUT2D eigenvalue weighted by atomic mass is 16.3. The lowest BCUT2D eigenvalue weighted by molar-refractivity contribution is -0.116. The third-order valence-electron chi connectivity index (χ3n) is 1.10. The van der Waals surface area contributed by atoms with Crippen molar-refractivity contribution in [1.29, 1.82) is 0 Å². The molecule has 0 radical (unpaired) electrons. The molecular formula is C7H14N2O4. The highest BCUT2D eigenvalue weighted by Crippen LogP contribution is 1.80. The van der Waals surface area contributed by atoms with Gasteiger partial charge in [-0.15, -0.1) is 0 Å². The fraction of sp³-hybridized carbons (Fsp3) is 0.571. The molecule has 6 nitrogen and oxygen atoms in total. The summed E-state index contributed by atoms with van der Waals surface area (Å²) in [4.78, 5) is 10.8. The Labute approximate surface area is 75.9 Å². The average Bonchev–Trinajstić information content (AvgIpc) is 2.11. The van der Waals surface area contributed by atoms with Gasteiger partial charge in [0.1, 0.15) is 0 Å². The molecule has 76 valence electrons. The minimum Gasteiger partial charge on any atom is -0.495 e. The summed E-state index contributed by atoms with van der Waals surface area (Å²) in [7, 11) is 0. The van der Waals surface area contributed by atoms with Gasteiger partial charge < -0.3 is 26.0 Å². The van der Waals surface area contributed by atoms with Crippen molar-refractivity contribution in [3.8, 4) is 0 Å². The van der Waals surface area contributed by atoms with E-state index in [0.29, 0.717) is 0 Å². The van der Waals surface area contributed by atoms with E-state index in [2.05, 4.69) is 10.6 Å². The first-order chi connectivity index (χ1) is 6.20. The minimum atomic E-state index is -0.503. The van der Waals surface area contributed by atoms with Gasteiger partial charge in [-0.1, -0.05) is 0 Å². The van der Waals surface area contributed by atoms with Crippen LogP contribution in [0.25, 0.3) is 0 Å². The van der Waals surface area contributed by atoms with Crippen LogP contribution >= 0.6 is 0 Å². The maximum Gasteiger partial charge on any atom is 0.249 e. The Morgan fingerprint density at radius 3 is 2.23 bits per heavy atom. The summed E-state index contributed by atoms with van der Waals surface area (Å²) in [6.45, 7) is 0.0405. The molecule has 0 aliphatic heterocycles. The summed E-state index contributed by atoms with van der Waals surface area (Å²) in [6, 6.07) is 0. The molecule has 0 spiro atoms. The van der Waals surface area contributed by atoms with Crippen LogP contribution in [0.3, 0.4) is 0 Å². The van der Waals surface area contributed by atoms with E-state index in [1.165, 1.54) is 0 Å². The van der Waals surface area contributed by atoms with Gasteiger partial charge in [0, 0.05) is 13.1 Å². The van der Waals surface area contributed by atoms with E-state index < -0.39 is 5.91 Å². The van der Waals surface area contributed by atoms with E-state index in [1.807, 2.05) is 0 Å². The number of hydrogen-bond donors (Lipinski definition) is 5. The van der Waals surface area contributed by atoms with Crippen LogP contribution in [0.15, 0.2) is 12.0 Å². The fourth-order valence-electron chi connectivity index (χ4n) is 0.589. The predicted octanol–water partition coefficient (Wildman–Crippen LogP) is -1.92. The summed E-state index contributed by atoms with van der Waals surface area (Å²) >= 11 is 0. The van der Waals surface area contributed by atoms with E-state index in [9.17, 15) is 4.79 Å². The van der Waals surface area contributed by atoms with Gasteiger partial charge in [0.2, 0.25) is 5.91 Å². The molecule has 0 aliphatic carbocycles. The lowest BCUT2D eigenvalue weighted by atomic mass is 10.5. The number of aliphatic hydroxyl groups excluding tert-OH is 3. The van der Waals surface area contributed by atoms with Crippen LogP contribution in [-0.2, 0) is 4.79 Å². The van der Waals surface area contributed by atoms with Gasteiger partial charge in [-0.05, 0) is 0 Å². The van der Waals surface area contributed by atoms with E-state index >= 15 is 0 Å². The monoisotopic (exact) mass is 190 g/mol. The Morgan fingerprint density at radius 2 is 1.69 bits per heavy atom. The Kier molecular flexibility index (Phi) is 6.66. The molecule has 0 atom stereocenters.